The highest BCUT2D eigenvalue weighted by Crippen LogP contribution is 2.46. The van der Waals surface area contributed by atoms with Crippen molar-refractivity contribution in [1.29, 1.82) is 0 Å². The smallest absolute Gasteiger partial charge is 0.416 e. The number of halogens is 6. The number of fused-ring (bicyclic) bond motifs is 2. The van der Waals surface area contributed by atoms with E-state index in [1.165, 1.54) is 60.7 Å². The second kappa shape index (κ2) is 15.0. The van der Waals surface area contributed by atoms with Gasteiger partial charge < -0.3 is 9.52 Å². The van der Waals surface area contributed by atoms with Crippen molar-refractivity contribution in [2.45, 2.75) is 46.5 Å². The Morgan fingerprint density at radius 2 is 1.09 bits per heavy atom. The molecule has 56 heavy (non-hydrogen) atoms. The normalized spacial score (nSPS) is 11.8. The molecule has 6 nitrogen and oxygen atoms in total. The van der Waals surface area contributed by atoms with Gasteiger partial charge in [-0.2, -0.15) is 26.3 Å². The summed E-state index contributed by atoms with van der Waals surface area (Å²) < 4.78 is 88.8. The summed E-state index contributed by atoms with van der Waals surface area (Å²) in [4.78, 5) is 40.1. The minimum Gasteiger partial charge on any atom is -0.481 e. The van der Waals surface area contributed by atoms with Crippen molar-refractivity contribution in [3.8, 4) is 27.9 Å². The number of benzene rings is 6. The molecule has 8 aromatic rings. The fourth-order valence-corrected chi connectivity index (χ4v) is 6.83. The Kier molecular flexibility index (Phi) is 10.5. The Balaban J connectivity index is 0.00000129. The zero-order chi connectivity index (χ0) is 40.7. The zero-order valence-corrected chi connectivity index (χ0v) is 30.4. The van der Waals surface area contributed by atoms with Crippen molar-refractivity contribution >= 4 is 49.5 Å². The molecule has 8 rings (SSSR count). The minimum absolute atomic E-state index is 0.0288. The van der Waals surface area contributed by atoms with Gasteiger partial charge in [0.25, 0.3) is 11.1 Å². The Hall–Kier alpha value is -6.43. The van der Waals surface area contributed by atoms with Gasteiger partial charge in [-0.25, -0.2) is 4.57 Å². The highest BCUT2D eigenvalue weighted by molar-refractivity contribution is 6.32. The molecule has 286 valence electrons. The van der Waals surface area contributed by atoms with Gasteiger partial charge in [0.1, 0.15) is 11.2 Å². The summed E-state index contributed by atoms with van der Waals surface area (Å²) in [6, 6.07) is 24.3. The highest BCUT2D eigenvalue weighted by atomic mass is 19.4. The third-order valence-electron chi connectivity index (χ3n) is 9.19. The van der Waals surface area contributed by atoms with E-state index in [2.05, 4.69) is 0 Å². The average molecular weight is 770 g/mol. The first-order chi connectivity index (χ1) is 26.7. The van der Waals surface area contributed by atoms with Crippen molar-refractivity contribution in [2.75, 3.05) is 0 Å². The molecule has 0 saturated heterocycles. The number of hydrogen-bond donors (Lipinski definition) is 1. The Morgan fingerprint density at radius 1 is 0.607 bits per heavy atom. The maximum absolute atomic E-state index is 14.4. The summed E-state index contributed by atoms with van der Waals surface area (Å²) in [6.07, 6.45) is -9.53. The molecule has 0 bridgehead atoms. The number of nitrogens with zero attached hydrogens (tertiary/aromatic N) is 1. The molecule has 0 aliphatic carbocycles. The van der Waals surface area contributed by atoms with Crippen LogP contribution >= 0.6 is 0 Å². The summed E-state index contributed by atoms with van der Waals surface area (Å²) >= 11 is 0. The molecule has 0 saturated carbocycles. The lowest BCUT2D eigenvalue weighted by Gasteiger charge is -2.20. The molecule has 0 radical (unpaired) electrons. The second-order valence-corrected chi connectivity index (χ2v) is 12.3. The van der Waals surface area contributed by atoms with Crippen LogP contribution < -0.4 is 11.1 Å². The molecule has 2 aromatic heterocycles. The number of para-hydroxylation sites is 1. The summed E-state index contributed by atoms with van der Waals surface area (Å²) in [7, 11) is 0. The third kappa shape index (κ3) is 6.87. The van der Waals surface area contributed by atoms with Crippen molar-refractivity contribution in [3.63, 3.8) is 0 Å². The monoisotopic (exact) mass is 769 g/mol. The molecular weight excluding hydrogens is 736 g/mol. The fraction of sp³-hybridized carbons (Fsp3) is 0.159. The Bertz CT molecular complexity index is 2800. The van der Waals surface area contributed by atoms with Crippen LogP contribution in [0.1, 0.15) is 44.4 Å². The Labute approximate surface area is 315 Å². The van der Waals surface area contributed by atoms with E-state index < -0.39 is 40.6 Å². The van der Waals surface area contributed by atoms with Gasteiger partial charge in [-0.3, -0.25) is 14.4 Å². The molecule has 1 N–H and O–H groups in total. The van der Waals surface area contributed by atoms with Crippen LogP contribution in [0, 0.1) is 0 Å². The molecular formula is C44H33F6NO5. The molecule has 0 fully saturated rings. The SMILES string of the molecule is CC.CC.O=C(O)Cc1ccc(-n2c(=O)c3cc(-c4ccc(C(F)(F)F)cc4)c4oc5ccccc5c5c(-c6ccc(C(F)(F)F)cc6)cc(c2=O)c3c45)cc1. The highest BCUT2D eigenvalue weighted by Gasteiger charge is 2.32. The van der Waals surface area contributed by atoms with Gasteiger partial charge in [-0.15, -0.1) is 0 Å². The van der Waals surface area contributed by atoms with Crippen LogP contribution in [0.3, 0.4) is 0 Å². The first-order valence-electron chi connectivity index (χ1n) is 17.7. The number of rotatable bonds is 5. The average Bonchev–Trinajstić information content (AvgIpc) is 3.19. The van der Waals surface area contributed by atoms with Gasteiger partial charge in [0.05, 0.1) is 23.2 Å². The van der Waals surface area contributed by atoms with Gasteiger partial charge in [0.2, 0.25) is 0 Å². The van der Waals surface area contributed by atoms with Gasteiger partial charge in [-0.05, 0) is 76.9 Å². The van der Waals surface area contributed by atoms with Gasteiger partial charge in [0, 0.05) is 37.9 Å². The molecule has 0 amide bonds. The number of carboxylic acids is 1. The number of aromatic nitrogens is 1. The summed E-state index contributed by atoms with van der Waals surface area (Å²) in [5, 5.41) is 10.7. The number of aliphatic carboxylic acids is 1. The first kappa shape index (κ1) is 39.3. The van der Waals surface area contributed by atoms with Crippen molar-refractivity contribution in [3.05, 3.63) is 147 Å². The van der Waals surface area contributed by atoms with Crippen molar-refractivity contribution < 1.29 is 40.7 Å². The summed E-state index contributed by atoms with van der Waals surface area (Å²) in [5.41, 5.74) is -1.09. The van der Waals surface area contributed by atoms with Crippen LogP contribution in [-0.2, 0) is 23.6 Å². The van der Waals surface area contributed by atoms with E-state index in [9.17, 15) is 45.8 Å². The predicted octanol–water partition coefficient (Wildman–Crippen LogP) is 11.9. The summed E-state index contributed by atoms with van der Waals surface area (Å²) in [6.45, 7) is 8.00. The molecule has 0 unspecified atom stereocenters. The number of hydrogen-bond acceptors (Lipinski definition) is 4. The number of alkyl halides is 6. The molecule has 0 spiro atoms. The van der Waals surface area contributed by atoms with Crippen LogP contribution in [0.15, 0.2) is 123 Å². The first-order valence-corrected chi connectivity index (χ1v) is 17.7. The lowest BCUT2D eigenvalue weighted by Crippen LogP contribution is -2.32. The topological polar surface area (TPSA) is 89.5 Å². The van der Waals surface area contributed by atoms with Crippen LogP contribution in [0.2, 0.25) is 0 Å². The number of pyridine rings is 1. The minimum atomic E-state index is -4.62. The van der Waals surface area contributed by atoms with E-state index in [1.807, 2.05) is 27.7 Å². The lowest BCUT2D eigenvalue weighted by molar-refractivity contribution is -0.138. The molecule has 12 heteroatoms. The van der Waals surface area contributed by atoms with Crippen LogP contribution in [0.4, 0.5) is 26.3 Å². The number of carbonyl (C=O) groups is 1. The van der Waals surface area contributed by atoms with Gasteiger partial charge in [0.15, 0.2) is 0 Å². The van der Waals surface area contributed by atoms with E-state index in [0.717, 1.165) is 28.8 Å². The number of carboxylic acid groups (broad SMARTS) is 1. The molecule has 0 aliphatic heterocycles. The largest absolute Gasteiger partial charge is 0.481 e. The fourth-order valence-electron chi connectivity index (χ4n) is 6.83. The Morgan fingerprint density at radius 3 is 1.59 bits per heavy atom. The van der Waals surface area contributed by atoms with E-state index in [1.54, 1.807) is 24.3 Å². The standard InChI is InChI=1S/C40H21F6NO5.2C2H6/c41-39(42,43)23-11-7-21(8-12-23)27-18-29-34-30(38(51)47(37(29)50)25-15-5-20(6-16-25)17-32(48)49)19-28(22-9-13-24(14-10-22)40(44,45)46)36-35(34)33(27)26-3-1-2-4-31(26)52-36;2*1-2/h1-16,18-19H,17H2,(H,48,49);2*1-2H3. The maximum Gasteiger partial charge on any atom is 0.416 e. The molecule has 0 aliphatic rings. The third-order valence-corrected chi connectivity index (χ3v) is 9.19. The maximum atomic E-state index is 14.4. The van der Waals surface area contributed by atoms with Crippen LogP contribution in [0.25, 0.3) is 71.4 Å². The van der Waals surface area contributed by atoms with E-state index in [0.29, 0.717) is 33.0 Å². The molecule has 6 aromatic carbocycles. The van der Waals surface area contributed by atoms with Gasteiger partial charge in [-0.1, -0.05) is 82.3 Å². The van der Waals surface area contributed by atoms with E-state index >= 15 is 0 Å². The van der Waals surface area contributed by atoms with Crippen LogP contribution in [0.5, 0.6) is 0 Å². The predicted molar refractivity (Wildman–Crippen MR) is 207 cm³/mol. The lowest BCUT2D eigenvalue weighted by atomic mass is 9.87. The quantitative estimate of drug-likeness (QED) is 0.107. The molecule has 2 heterocycles. The summed E-state index contributed by atoms with van der Waals surface area (Å²) in [5.74, 6) is -1.08. The van der Waals surface area contributed by atoms with Crippen molar-refractivity contribution in [2.24, 2.45) is 0 Å². The van der Waals surface area contributed by atoms with E-state index in [4.69, 9.17) is 4.42 Å². The van der Waals surface area contributed by atoms with Gasteiger partial charge >= 0.3 is 18.3 Å². The van der Waals surface area contributed by atoms with E-state index in [-0.39, 0.29) is 50.4 Å². The van der Waals surface area contributed by atoms with Crippen molar-refractivity contribution in [1.82, 2.24) is 4.57 Å². The second-order valence-electron chi connectivity index (χ2n) is 12.3. The zero-order valence-electron chi connectivity index (χ0n) is 30.4. The molecule has 0 atom stereocenters. The van der Waals surface area contributed by atoms with Crippen LogP contribution in [-0.4, -0.2) is 15.6 Å².